The molecule has 2 aromatic carbocycles. The first-order valence-electron chi connectivity index (χ1n) is 8.22. The molecule has 136 valence electrons. The molecule has 2 aliphatic heterocycles. The van der Waals surface area contributed by atoms with Crippen molar-refractivity contribution in [1.29, 1.82) is 5.26 Å². The summed E-state index contributed by atoms with van der Waals surface area (Å²) in [5.41, 5.74) is 3.78. The van der Waals surface area contributed by atoms with E-state index in [1.807, 2.05) is 6.07 Å². The maximum Gasteiger partial charge on any atom is 0.279 e. The van der Waals surface area contributed by atoms with Crippen LogP contribution in [-0.4, -0.2) is 15.3 Å². The molecule has 5 rings (SSSR count). The molecule has 3 aromatic rings. The monoisotopic (exact) mass is 435 g/mol. The molecule has 1 aromatic heterocycles. The number of nitrogens with zero attached hydrogens (tertiary/aromatic N) is 3. The Morgan fingerprint density at radius 3 is 2.43 bits per heavy atom. The fourth-order valence-corrected chi connectivity index (χ4v) is 4.41. The molecule has 0 aliphatic carbocycles. The highest BCUT2D eigenvalue weighted by Gasteiger charge is 2.58. The third-order valence-corrected chi connectivity index (χ3v) is 5.69. The molecular weight excluding hydrogens is 426 g/mol. The lowest BCUT2D eigenvalue weighted by molar-refractivity contribution is -0.120. The van der Waals surface area contributed by atoms with Crippen molar-refractivity contribution in [3.8, 4) is 6.07 Å². The Labute approximate surface area is 165 Å². The van der Waals surface area contributed by atoms with Gasteiger partial charge in [0.25, 0.3) is 17.0 Å². The van der Waals surface area contributed by atoms with Gasteiger partial charge in [0.15, 0.2) is 0 Å². The summed E-state index contributed by atoms with van der Waals surface area (Å²) < 4.78 is 2.64. The maximum absolute atomic E-state index is 13.4. The topological polar surface area (TPSA) is 123 Å². The standard InChI is InChI=1S/C19H10BrN5O3/c20-9-5-6-12-14(7-9)23-18(28)19(12)13(8-21)15(22)24-16(26)10-3-1-2-4-11(10)17(27)25(19)24/h1-7H,22H2,(H,23,28). The fraction of sp³-hybridized carbons (Fsp3) is 0.0526. The maximum atomic E-state index is 13.4. The molecule has 3 heterocycles. The molecule has 8 nitrogen and oxygen atoms in total. The Balaban J connectivity index is 2.06. The fourth-order valence-electron chi connectivity index (χ4n) is 4.05. The number of halogens is 1. The van der Waals surface area contributed by atoms with Gasteiger partial charge in [-0.05, 0) is 24.3 Å². The number of nitriles is 1. The van der Waals surface area contributed by atoms with E-state index in [0.717, 1.165) is 9.36 Å². The van der Waals surface area contributed by atoms with Gasteiger partial charge in [0.2, 0.25) is 5.54 Å². The van der Waals surface area contributed by atoms with Crippen LogP contribution in [0.5, 0.6) is 0 Å². The number of anilines is 1. The second kappa shape index (κ2) is 5.21. The van der Waals surface area contributed by atoms with Crippen molar-refractivity contribution in [2.45, 2.75) is 5.54 Å². The van der Waals surface area contributed by atoms with Crippen molar-refractivity contribution in [3.63, 3.8) is 0 Å². The number of amides is 1. The van der Waals surface area contributed by atoms with Gasteiger partial charge in [-0.15, -0.1) is 0 Å². The molecular formula is C19H10BrN5O3. The molecule has 1 spiro atoms. The number of rotatable bonds is 0. The Kier molecular flexibility index (Phi) is 3.07. The first-order chi connectivity index (χ1) is 13.4. The van der Waals surface area contributed by atoms with Crippen molar-refractivity contribution in [3.05, 3.63) is 78.8 Å². The number of hydrogen-bond donors (Lipinski definition) is 2. The van der Waals surface area contributed by atoms with E-state index in [9.17, 15) is 19.6 Å². The van der Waals surface area contributed by atoms with Crippen LogP contribution in [0.1, 0.15) is 5.56 Å². The number of benzene rings is 2. The van der Waals surface area contributed by atoms with Crippen LogP contribution in [0.4, 0.5) is 5.69 Å². The van der Waals surface area contributed by atoms with Crippen molar-refractivity contribution >= 4 is 44.1 Å². The summed E-state index contributed by atoms with van der Waals surface area (Å²) in [5, 5.41) is 12.9. The molecule has 0 saturated heterocycles. The van der Waals surface area contributed by atoms with E-state index in [2.05, 4.69) is 21.2 Å². The number of nitrogens with one attached hydrogen (secondary N) is 1. The van der Waals surface area contributed by atoms with E-state index in [1.54, 1.807) is 30.3 Å². The molecule has 1 atom stereocenters. The molecule has 0 fully saturated rings. The predicted octanol–water partition coefficient (Wildman–Crippen LogP) is 1.29. The zero-order chi connectivity index (χ0) is 19.8. The number of hydrogen-bond acceptors (Lipinski definition) is 5. The Morgan fingerprint density at radius 2 is 1.75 bits per heavy atom. The van der Waals surface area contributed by atoms with Crippen LogP contribution < -0.4 is 22.2 Å². The smallest absolute Gasteiger partial charge is 0.279 e. The van der Waals surface area contributed by atoms with Crippen LogP contribution >= 0.6 is 15.9 Å². The number of nitrogens with two attached hydrogens (primary N) is 1. The van der Waals surface area contributed by atoms with Gasteiger partial charge in [-0.2, -0.15) is 9.94 Å². The van der Waals surface area contributed by atoms with Crippen molar-refractivity contribution < 1.29 is 4.79 Å². The van der Waals surface area contributed by atoms with Gasteiger partial charge >= 0.3 is 0 Å². The average Bonchev–Trinajstić information content (AvgIpc) is 3.11. The molecule has 0 radical (unpaired) electrons. The summed E-state index contributed by atoms with van der Waals surface area (Å²) in [4.78, 5) is 39.7. The minimum atomic E-state index is -1.84. The quantitative estimate of drug-likeness (QED) is 0.550. The van der Waals surface area contributed by atoms with Gasteiger partial charge in [-0.3, -0.25) is 14.4 Å². The normalized spacial score (nSPS) is 19.6. The van der Waals surface area contributed by atoms with Gasteiger partial charge in [-0.1, -0.05) is 34.1 Å². The van der Waals surface area contributed by atoms with Gasteiger partial charge in [-0.25, -0.2) is 4.68 Å². The van der Waals surface area contributed by atoms with E-state index in [1.165, 1.54) is 12.1 Å². The molecule has 2 aliphatic rings. The summed E-state index contributed by atoms with van der Waals surface area (Å²) in [6, 6.07) is 13.2. The Bertz CT molecular complexity index is 1440. The summed E-state index contributed by atoms with van der Waals surface area (Å²) in [7, 11) is 0. The molecule has 0 saturated carbocycles. The highest BCUT2D eigenvalue weighted by Crippen LogP contribution is 2.47. The van der Waals surface area contributed by atoms with Crippen LogP contribution in [0.25, 0.3) is 16.6 Å². The number of fused-ring (bicyclic) bond motifs is 5. The third kappa shape index (κ3) is 1.66. The lowest BCUT2D eigenvalue weighted by Crippen LogP contribution is -2.50. The molecule has 1 unspecified atom stereocenters. The van der Waals surface area contributed by atoms with Crippen LogP contribution in [-0.2, 0) is 10.3 Å². The van der Waals surface area contributed by atoms with Gasteiger partial charge in [0, 0.05) is 15.7 Å². The van der Waals surface area contributed by atoms with Crippen molar-refractivity contribution in [1.82, 2.24) is 9.36 Å². The summed E-state index contributed by atoms with van der Waals surface area (Å²) in [6.45, 7) is 0. The second-order valence-corrected chi connectivity index (χ2v) is 7.42. The number of carbonyl (C=O) groups is 1. The first-order valence-corrected chi connectivity index (χ1v) is 9.02. The highest BCUT2D eigenvalue weighted by atomic mass is 79.9. The Morgan fingerprint density at radius 1 is 1.07 bits per heavy atom. The van der Waals surface area contributed by atoms with Crippen LogP contribution in [0.3, 0.4) is 0 Å². The lowest BCUT2D eigenvalue weighted by Gasteiger charge is -2.25. The predicted molar refractivity (Wildman–Crippen MR) is 105 cm³/mol. The minimum Gasteiger partial charge on any atom is -0.383 e. The lowest BCUT2D eigenvalue weighted by atomic mass is 9.84. The largest absolute Gasteiger partial charge is 0.383 e. The Hall–Kier alpha value is -3.64. The van der Waals surface area contributed by atoms with Crippen LogP contribution in [0, 0.1) is 11.3 Å². The number of aromatic nitrogens is 2. The van der Waals surface area contributed by atoms with Gasteiger partial charge < -0.3 is 11.1 Å². The molecule has 0 bridgehead atoms. The van der Waals surface area contributed by atoms with E-state index < -0.39 is 22.6 Å². The summed E-state index contributed by atoms with van der Waals surface area (Å²) >= 11 is 3.34. The average molecular weight is 436 g/mol. The van der Waals surface area contributed by atoms with Gasteiger partial charge in [0.1, 0.15) is 17.5 Å². The molecule has 28 heavy (non-hydrogen) atoms. The van der Waals surface area contributed by atoms with Crippen molar-refractivity contribution in [2.75, 3.05) is 5.32 Å². The minimum absolute atomic E-state index is 0.147. The van der Waals surface area contributed by atoms with Gasteiger partial charge in [0.05, 0.1) is 10.8 Å². The van der Waals surface area contributed by atoms with E-state index in [-0.39, 0.29) is 22.2 Å². The zero-order valence-electron chi connectivity index (χ0n) is 14.1. The van der Waals surface area contributed by atoms with Crippen LogP contribution in [0.15, 0.2) is 62.1 Å². The molecule has 1 amide bonds. The summed E-state index contributed by atoms with van der Waals surface area (Å²) in [5.74, 6) is -0.857. The number of carbonyl (C=O) groups excluding carboxylic acids is 1. The second-order valence-electron chi connectivity index (χ2n) is 6.51. The van der Waals surface area contributed by atoms with Crippen LogP contribution in [0.2, 0.25) is 0 Å². The SMILES string of the molecule is N#CC1=C(N)n2c(=O)c3ccccc3c(=O)n2C12C(=O)Nc1cc(Br)ccc12. The van der Waals surface area contributed by atoms with E-state index in [0.29, 0.717) is 15.7 Å². The molecule has 9 heteroatoms. The summed E-state index contributed by atoms with van der Waals surface area (Å²) in [6.07, 6.45) is 0. The first kappa shape index (κ1) is 16.5. The van der Waals surface area contributed by atoms with Crippen molar-refractivity contribution in [2.24, 2.45) is 5.73 Å². The highest BCUT2D eigenvalue weighted by molar-refractivity contribution is 9.10. The third-order valence-electron chi connectivity index (χ3n) is 5.20. The van der Waals surface area contributed by atoms with E-state index >= 15 is 0 Å². The molecule has 3 N–H and O–H groups in total. The van der Waals surface area contributed by atoms with E-state index in [4.69, 9.17) is 5.73 Å². The zero-order valence-corrected chi connectivity index (χ0v) is 15.6.